The van der Waals surface area contributed by atoms with E-state index in [0.717, 1.165) is 99.9 Å². The Labute approximate surface area is 461 Å². The maximum Gasteiger partial charge on any atom is 0.242 e. The van der Waals surface area contributed by atoms with E-state index in [-0.39, 0.29) is 0 Å². The zero-order valence-corrected chi connectivity index (χ0v) is 46.4. The molecule has 0 fully saturated rings. The number of guanidine groups is 2. The molecule has 3 aliphatic rings. The number of benzene rings is 6. The molecule has 0 saturated carbocycles. The van der Waals surface area contributed by atoms with Gasteiger partial charge in [0.1, 0.15) is 5.84 Å². The van der Waals surface area contributed by atoms with Crippen LogP contribution in [0, 0.1) is 0 Å². The molecule has 0 spiro atoms. The van der Waals surface area contributed by atoms with Crippen molar-refractivity contribution in [3.63, 3.8) is 0 Å². The fourth-order valence-corrected chi connectivity index (χ4v) is 10.9. The summed E-state index contributed by atoms with van der Waals surface area (Å²) in [6.07, 6.45) is 28.4. The molecule has 0 N–H and O–H groups in total. The van der Waals surface area contributed by atoms with Crippen LogP contribution in [0.4, 0.5) is 34.1 Å². The van der Waals surface area contributed by atoms with Gasteiger partial charge in [-0.2, -0.15) is 15.0 Å². The van der Waals surface area contributed by atoms with Crippen LogP contribution >= 0.6 is 0 Å². The summed E-state index contributed by atoms with van der Waals surface area (Å²) in [5.74, 6) is 3.67. The number of allylic oxidation sites excluding steroid dienone is 2. The number of nitrogens with zero attached hydrogens (tertiary/aromatic N) is 8. The van der Waals surface area contributed by atoms with E-state index in [9.17, 15) is 0 Å². The van der Waals surface area contributed by atoms with Gasteiger partial charge in [0.15, 0.2) is 11.7 Å². The molecule has 6 aromatic rings. The summed E-state index contributed by atoms with van der Waals surface area (Å²) in [5.41, 5.74) is 10.7. The zero-order chi connectivity index (χ0) is 52.9. The van der Waals surface area contributed by atoms with Gasteiger partial charge >= 0.3 is 0 Å². The number of aliphatic imine (C=N–C) groups is 4. The Kier molecular flexibility index (Phi) is 20.3. The van der Waals surface area contributed by atoms with Gasteiger partial charge in [0.05, 0.1) is 0 Å². The summed E-state index contributed by atoms with van der Waals surface area (Å²) >= 11 is 0. The van der Waals surface area contributed by atoms with Crippen LogP contribution in [-0.2, 0) is 0 Å². The van der Waals surface area contributed by atoms with Gasteiger partial charge in [-0.3, -0.25) is 0 Å². The van der Waals surface area contributed by atoms with Crippen molar-refractivity contribution in [1.82, 2.24) is 9.80 Å². The van der Waals surface area contributed by atoms with Crippen molar-refractivity contribution in [3.8, 4) is 0 Å². The zero-order valence-electron chi connectivity index (χ0n) is 46.4. The molecule has 3 heterocycles. The standard InChI is InChI=1S/C69H82N8/c1-4-6-8-10-12-14-16-18-20-34-52-74(53-35-21-19-17-15-13-11-9-7-5-2)68-72-67-65(57-46-50-63(51-47-57)76(60-40-30-24-31-41-60)61-42-32-25-33-43-61)54-64(66-70-55(3)71-69(73-68)77(66)67)56-44-48-62(49-45-56)75(58-36-26-22-27-37-58)59-38-28-23-29-39-59/h22-33,36-51,54H,4-21,34-35,52-53H2,1-3H3. The molecule has 0 amide bonds. The molecule has 0 radical (unpaired) electrons. The van der Waals surface area contributed by atoms with Gasteiger partial charge in [-0.1, -0.05) is 226 Å². The van der Waals surface area contributed by atoms with Crippen molar-refractivity contribution >= 4 is 68.9 Å². The topological polar surface area (TPSA) is 62.4 Å². The second-order valence-corrected chi connectivity index (χ2v) is 21.0. The Morgan fingerprint density at radius 2 is 0.727 bits per heavy atom. The Bertz CT molecular complexity index is 2840. The molecule has 9 rings (SSSR count). The van der Waals surface area contributed by atoms with Crippen LogP contribution in [0.1, 0.15) is 160 Å². The number of amidine groups is 2. The first kappa shape index (κ1) is 54.5. The van der Waals surface area contributed by atoms with E-state index < -0.39 is 0 Å². The lowest BCUT2D eigenvalue weighted by Gasteiger charge is -2.37. The molecule has 398 valence electrons. The average molecular weight is 1020 g/mol. The summed E-state index contributed by atoms with van der Waals surface area (Å²) in [6, 6.07) is 60.2. The first-order chi connectivity index (χ1) is 38.1. The van der Waals surface area contributed by atoms with Crippen LogP contribution in [0.3, 0.4) is 0 Å². The number of anilines is 6. The molecule has 0 atom stereocenters. The highest BCUT2D eigenvalue weighted by Crippen LogP contribution is 2.42. The summed E-state index contributed by atoms with van der Waals surface area (Å²) < 4.78 is 0. The minimum absolute atomic E-state index is 0.624. The van der Waals surface area contributed by atoms with Gasteiger partial charge in [0, 0.05) is 58.4 Å². The molecule has 0 aromatic heterocycles. The quantitative estimate of drug-likeness (QED) is 0.0422. The minimum Gasteiger partial charge on any atom is -0.341 e. The molecule has 6 aromatic carbocycles. The van der Waals surface area contributed by atoms with Gasteiger partial charge < -0.3 is 14.7 Å². The summed E-state index contributed by atoms with van der Waals surface area (Å²) in [5, 5.41) is 0. The number of hydrogen-bond acceptors (Lipinski definition) is 8. The van der Waals surface area contributed by atoms with Crippen molar-refractivity contribution in [2.75, 3.05) is 22.9 Å². The second kappa shape index (κ2) is 28.7. The predicted molar refractivity (Wildman–Crippen MR) is 330 cm³/mol. The first-order valence-corrected chi connectivity index (χ1v) is 29.4. The van der Waals surface area contributed by atoms with Crippen molar-refractivity contribution in [3.05, 3.63) is 193 Å². The third-order valence-electron chi connectivity index (χ3n) is 15.1. The SMILES string of the molecule is CCCCCCCCCCCCN(CCCCCCCCCCCC)C1=NC2=NC(C)=NC3=C(c4ccc(N(c5ccccc5)c5ccccc5)cc4)C=C(c4ccc(N(c5ccccc5)c5ccccc5)cc4)C(=N1)N23. The lowest BCUT2D eigenvalue weighted by molar-refractivity contribution is 0.379. The lowest BCUT2D eigenvalue weighted by Crippen LogP contribution is -2.46. The van der Waals surface area contributed by atoms with Crippen molar-refractivity contribution in [2.24, 2.45) is 20.0 Å². The molecular formula is C69H82N8. The Balaban J connectivity index is 1.05. The smallest absolute Gasteiger partial charge is 0.242 e. The number of unbranched alkanes of at least 4 members (excludes halogenated alkanes) is 18. The van der Waals surface area contributed by atoms with Crippen LogP contribution in [0.25, 0.3) is 11.1 Å². The van der Waals surface area contributed by atoms with Crippen molar-refractivity contribution < 1.29 is 0 Å². The minimum atomic E-state index is 0.624. The molecule has 0 aliphatic carbocycles. The highest BCUT2D eigenvalue weighted by molar-refractivity contribution is 6.36. The van der Waals surface area contributed by atoms with Crippen LogP contribution in [0.5, 0.6) is 0 Å². The maximum absolute atomic E-state index is 5.63. The highest BCUT2D eigenvalue weighted by Gasteiger charge is 2.38. The maximum atomic E-state index is 5.63. The summed E-state index contributed by atoms with van der Waals surface area (Å²) in [6.45, 7) is 8.44. The number of para-hydroxylation sites is 4. The molecule has 77 heavy (non-hydrogen) atoms. The van der Waals surface area contributed by atoms with Crippen molar-refractivity contribution in [2.45, 2.75) is 149 Å². The second-order valence-electron chi connectivity index (χ2n) is 21.0. The summed E-state index contributed by atoms with van der Waals surface area (Å²) in [7, 11) is 0. The normalized spacial score (nSPS) is 13.8. The third kappa shape index (κ3) is 14.6. The van der Waals surface area contributed by atoms with Gasteiger partial charge in [0.2, 0.25) is 11.9 Å². The van der Waals surface area contributed by atoms with Crippen molar-refractivity contribution in [1.29, 1.82) is 0 Å². The molecule has 8 nitrogen and oxygen atoms in total. The summed E-state index contributed by atoms with van der Waals surface area (Å²) in [4.78, 5) is 30.6. The van der Waals surface area contributed by atoms with Crippen LogP contribution in [-0.4, -0.2) is 46.5 Å². The number of hydrogen-bond donors (Lipinski definition) is 0. The van der Waals surface area contributed by atoms with E-state index in [0.29, 0.717) is 11.8 Å². The predicted octanol–water partition coefficient (Wildman–Crippen LogP) is 19.4. The van der Waals surface area contributed by atoms with E-state index in [2.05, 4.69) is 209 Å². The molecule has 0 bridgehead atoms. The number of rotatable bonds is 30. The fourth-order valence-electron chi connectivity index (χ4n) is 10.9. The van der Waals surface area contributed by atoms with E-state index in [1.54, 1.807) is 0 Å². The van der Waals surface area contributed by atoms with E-state index >= 15 is 0 Å². The third-order valence-corrected chi connectivity index (χ3v) is 15.1. The van der Waals surface area contributed by atoms with E-state index in [4.69, 9.17) is 20.0 Å². The van der Waals surface area contributed by atoms with Gasteiger partial charge in [-0.25, -0.2) is 9.89 Å². The first-order valence-electron chi connectivity index (χ1n) is 29.4. The van der Waals surface area contributed by atoms with Crippen LogP contribution in [0.15, 0.2) is 202 Å². The molecule has 8 heteroatoms. The molecule has 3 aliphatic heterocycles. The Hall–Kier alpha value is -7.32. The van der Waals surface area contributed by atoms with Gasteiger partial charge in [0.25, 0.3) is 0 Å². The van der Waals surface area contributed by atoms with Gasteiger partial charge in [-0.15, -0.1) is 0 Å². The molecule has 0 saturated heterocycles. The Morgan fingerprint density at radius 1 is 0.364 bits per heavy atom. The average Bonchev–Trinajstić information content (AvgIpc) is 3.57. The van der Waals surface area contributed by atoms with E-state index in [1.165, 1.54) is 116 Å². The molecule has 0 unspecified atom stereocenters. The van der Waals surface area contributed by atoms with Gasteiger partial charge in [-0.05, 0) is 110 Å². The fraction of sp³-hybridized carbons (Fsp3) is 0.362. The molecular weight excluding hydrogens is 941 g/mol. The highest BCUT2D eigenvalue weighted by atomic mass is 15.5. The monoisotopic (exact) mass is 1020 g/mol. The Morgan fingerprint density at radius 3 is 1.13 bits per heavy atom. The van der Waals surface area contributed by atoms with E-state index in [1.807, 2.05) is 6.92 Å². The largest absolute Gasteiger partial charge is 0.341 e. The van der Waals surface area contributed by atoms with Crippen LogP contribution in [0.2, 0.25) is 0 Å². The lowest BCUT2D eigenvalue weighted by atomic mass is 9.93. The van der Waals surface area contributed by atoms with Crippen LogP contribution < -0.4 is 9.80 Å².